The predicted octanol–water partition coefficient (Wildman–Crippen LogP) is 7.10. The minimum absolute atomic E-state index is 0.103. The number of rotatable bonds is 6. The summed E-state index contributed by atoms with van der Waals surface area (Å²) in [5.74, 6) is 0.702. The third kappa shape index (κ3) is 5.33. The molecule has 0 spiro atoms. The lowest BCUT2D eigenvalue weighted by Gasteiger charge is -2.18. The molecule has 188 valence electrons. The van der Waals surface area contributed by atoms with Gasteiger partial charge in [0, 0.05) is 28.0 Å². The number of benzene rings is 3. The Balaban J connectivity index is 1.73. The fraction of sp³-hybridized carbons (Fsp3) is 0.0357. The predicted molar refractivity (Wildman–Crippen MR) is 156 cm³/mol. The second-order valence-electron chi connectivity index (χ2n) is 8.09. The van der Waals surface area contributed by atoms with Gasteiger partial charge in [-0.15, -0.1) is 11.8 Å². The minimum Gasteiger partial charge on any atom is -0.339 e. The Hall–Kier alpha value is -3.98. The first-order chi connectivity index (χ1) is 18.4. The van der Waals surface area contributed by atoms with E-state index in [1.54, 1.807) is 42.8 Å². The largest absolute Gasteiger partial charge is 0.339 e. The first-order valence-corrected chi connectivity index (χ1v) is 13.4. The van der Waals surface area contributed by atoms with Gasteiger partial charge < -0.3 is 5.32 Å². The maximum absolute atomic E-state index is 14.0. The van der Waals surface area contributed by atoms with Crippen molar-refractivity contribution in [3.05, 3.63) is 117 Å². The van der Waals surface area contributed by atoms with Gasteiger partial charge in [-0.05, 0) is 60.3 Å². The van der Waals surface area contributed by atoms with Crippen LogP contribution in [0.15, 0.2) is 95.9 Å². The average molecular weight is 559 g/mol. The molecule has 7 nitrogen and oxygen atoms in total. The summed E-state index contributed by atoms with van der Waals surface area (Å²) in [4.78, 5) is 27.2. The number of halogens is 2. The molecule has 0 radical (unpaired) electrons. The monoisotopic (exact) mass is 558 g/mol. The van der Waals surface area contributed by atoms with Gasteiger partial charge in [-0.2, -0.15) is 0 Å². The maximum atomic E-state index is 14.0. The number of hydrogen-bond acceptors (Lipinski definition) is 7. The van der Waals surface area contributed by atoms with Crippen molar-refractivity contribution in [2.45, 2.75) is 0 Å². The van der Waals surface area contributed by atoms with Gasteiger partial charge in [0.25, 0.3) is 5.56 Å². The van der Waals surface area contributed by atoms with Crippen molar-refractivity contribution < 1.29 is 0 Å². The number of hydrogen-bond donors (Lipinski definition) is 2. The van der Waals surface area contributed by atoms with E-state index < -0.39 is 0 Å². The van der Waals surface area contributed by atoms with Gasteiger partial charge in [-0.3, -0.25) is 14.8 Å². The van der Waals surface area contributed by atoms with Crippen molar-refractivity contribution in [1.82, 2.24) is 19.5 Å². The van der Waals surface area contributed by atoms with Crippen LogP contribution in [0.25, 0.3) is 28.3 Å². The Morgan fingerprint density at radius 2 is 1.58 bits per heavy atom. The van der Waals surface area contributed by atoms with Gasteiger partial charge in [-0.25, -0.2) is 15.0 Å². The number of para-hydroxylation sites is 1. The van der Waals surface area contributed by atoms with Gasteiger partial charge >= 0.3 is 0 Å². The molecule has 5 rings (SSSR count). The molecular weight excluding hydrogens is 539 g/mol. The number of aromatic nitrogens is 4. The van der Waals surface area contributed by atoms with E-state index in [2.05, 4.69) is 15.3 Å². The van der Waals surface area contributed by atoms with Crippen LogP contribution in [0, 0.1) is 5.41 Å². The van der Waals surface area contributed by atoms with Gasteiger partial charge in [0.2, 0.25) is 5.28 Å². The highest BCUT2D eigenvalue weighted by molar-refractivity contribution is 8.13. The molecule has 0 amide bonds. The van der Waals surface area contributed by atoms with Crippen molar-refractivity contribution in [2.24, 2.45) is 0 Å². The van der Waals surface area contributed by atoms with Crippen LogP contribution in [0.5, 0.6) is 0 Å². The quantitative estimate of drug-likeness (QED) is 0.131. The van der Waals surface area contributed by atoms with Gasteiger partial charge in [-0.1, -0.05) is 54.1 Å². The summed E-state index contributed by atoms with van der Waals surface area (Å²) < 4.78 is 1.50. The van der Waals surface area contributed by atoms with Crippen molar-refractivity contribution in [1.29, 1.82) is 5.41 Å². The van der Waals surface area contributed by atoms with E-state index in [9.17, 15) is 4.79 Å². The molecule has 3 aromatic carbocycles. The molecular formula is C28H20Cl2N6OS. The Morgan fingerprint density at radius 1 is 0.895 bits per heavy atom. The van der Waals surface area contributed by atoms with Crippen LogP contribution < -0.4 is 10.9 Å². The lowest BCUT2D eigenvalue weighted by molar-refractivity contribution is 0.947. The molecule has 2 aromatic heterocycles. The third-order valence-electron chi connectivity index (χ3n) is 5.70. The molecule has 2 N–H and O–H groups in total. The summed E-state index contributed by atoms with van der Waals surface area (Å²) in [5.41, 5.74) is 3.33. The van der Waals surface area contributed by atoms with Crippen LogP contribution in [0.2, 0.25) is 10.3 Å². The average Bonchev–Trinajstić information content (AvgIpc) is 2.94. The molecule has 0 fully saturated rings. The molecule has 0 aliphatic carbocycles. The lowest BCUT2D eigenvalue weighted by Crippen LogP contribution is -2.28. The van der Waals surface area contributed by atoms with Crippen LogP contribution in [-0.2, 0) is 0 Å². The van der Waals surface area contributed by atoms with Crippen LogP contribution in [0.1, 0.15) is 5.56 Å². The maximum Gasteiger partial charge on any atom is 0.270 e. The molecule has 0 aliphatic heterocycles. The molecule has 0 saturated carbocycles. The third-order valence-corrected chi connectivity index (χ3v) is 6.75. The molecule has 0 atom stereocenters. The topological polar surface area (TPSA) is 96.6 Å². The summed E-state index contributed by atoms with van der Waals surface area (Å²) in [6.07, 6.45) is 3.35. The molecule has 0 bridgehead atoms. The zero-order chi connectivity index (χ0) is 26.6. The molecule has 5 aromatic rings. The second-order valence-corrected chi connectivity index (χ2v) is 9.68. The Labute approximate surface area is 233 Å². The van der Waals surface area contributed by atoms with E-state index in [4.69, 9.17) is 33.6 Å². The Bertz CT molecular complexity index is 1670. The number of thioether (sulfide) groups is 1. The second kappa shape index (κ2) is 11.2. The summed E-state index contributed by atoms with van der Waals surface area (Å²) in [6, 6.07) is 25.6. The Morgan fingerprint density at radius 3 is 2.24 bits per heavy atom. The SMILES string of the molecule is CSC(=N)c1c(Nc2ccccc2)nc(-c2ccc(-c3ccnc(Cl)n3)cc2)n(-c2ccc(Cl)cc2)c1=O. The molecule has 0 unspecified atom stereocenters. The van der Waals surface area contributed by atoms with E-state index in [0.29, 0.717) is 33.6 Å². The smallest absolute Gasteiger partial charge is 0.270 e. The van der Waals surface area contributed by atoms with Crippen LogP contribution in [-0.4, -0.2) is 30.8 Å². The van der Waals surface area contributed by atoms with Crippen molar-refractivity contribution in [3.8, 4) is 28.3 Å². The molecule has 38 heavy (non-hydrogen) atoms. The number of nitrogens with one attached hydrogen (secondary N) is 2. The van der Waals surface area contributed by atoms with E-state index in [0.717, 1.165) is 11.3 Å². The van der Waals surface area contributed by atoms with E-state index in [1.165, 1.54) is 16.3 Å². The molecule has 0 aliphatic rings. The summed E-state index contributed by atoms with van der Waals surface area (Å²) in [6.45, 7) is 0. The summed E-state index contributed by atoms with van der Waals surface area (Å²) >= 11 is 13.3. The van der Waals surface area contributed by atoms with Gasteiger partial charge in [0.1, 0.15) is 22.2 Å². The minimum atomic E-state index is -0.373. The van der Waals surface area contributed by atoms with Crippen LogP contribution in [0.3, 0.4) is 0 Å². The molecule has 2 heterocycles. The van der Waals surface area contributed by atoms with Crippen LogP contribution >= 0.6 is 35.0 Å². The lowest BCUT2D eigenvalue weighted by atomic mass is 10.1. The zero-order valence-electron chi connectivity index (χ0n) is 20.0. The number of anilines is 2. The van der Waals surface area contributed by atoms with Crippen molar-refractivity contribution in [3.63, 3.8) is 0 Å². The highest BCUT2D eigenvalue weighted by atomic mass is 35.5. The van der Waals surface area contributed by atoms with Gasteiger partial charge in [0.15, 0.2) is 0 Å². The normalized spacial score (nSPS) is 10.8. The van der Waals surface area contributed by atoms with Gasteiger partial charge in [0.05, 0.1) is 11.4 Å². The van der Waals surface area contributed by atoms with E-state index >= 15 is 0 Å². The van der Waals surface area contributed by atoms with Crippen molar-refractivity contribution >= 4 is 51.5 Å². The summed E-state index contributed by atoms with van der Waals surface area (Å²) in [7, 11) is 0. The first-order valence-electron chi connectivity index (χ1n) is 11.4. The fourth-order valence-corrected chi connectivity index (χ4v) is 4.55. The highest BCUT2D eigenvalue weighted by Gasteiger charge is 2.22. The number of nitrogens with zero attached hydrogens (tertiary/aromatic N) is 4. The fourth-order valence-electron chi connectivity index (χ4n) is 3.89. The molecule has 0 saturated heterocycles. The first kappa shape index (κ1) is 25.7. The standard InChI is InChI=1S/C28H20Cl2N6OS/c1-38-24(31)23-25(33-20-5-3-2-4-6-20)35-26(36(27(23)37)21-13-11-19(29)12-14-21)18-9-7-17(8-10-18)22-15-16-32-28(30)34-22/h2-16,31,33H,1H3. The summed E-state index contributed by atoms with van der Waals surface area (Å²) in [5, 5.41) is 12.6. The van der Waals surface area contributed by atoms with Crippen LogP contribution in [0.4, 0.5) is 11.5 Å². The highest BCUT2D eigenvalue weighted by Crippen LogP contribution is 2.29. The zero-order valence-corrected chi connectivity index (χ0v) is 22.3. The van der Waals surface area contributed by atoms with Crippen molar-refractivity contribution in [2.75, 3.05) is 11.6 Å². The Kier molecular flexibility index (Phi) is 7.55. The van der Waals surface area contributed by atoms with E-state index in [-0.39, 0.29) is 21.5 Å². The molecule has 10 heteroatoms. The van der Waals surface area contributed by atoms with E-state index in [1.807, 2.05) is 54.6 Å².